The van der Waals surface area contributed by atoms with E-state index in [4.69, 9.17) is 9.47 Å². The molecule has 0 saturated carbocycles. The minimum absolute atomic E-state index is 0.240. The van der Waals surface area contributed by atoms with Crippen molar-refractivity contribution in [1.29, 1.82) is 0 Å². The van der Waals surface area contributed by atoms with E-state index in [0.29, 0.717) is 37.4 Å². The van der Waals surface area contributed by atoms with Crippen molar-refractivity contribution in [2.75, 3.05) is 31.2 Å². The van der Waals surface area contributed by atoms with Gasteiger partial charge in [0.1, 0.15) is 17.4 Å². The molecule has 1 aromatic carbocycles. The van der Waals surface area contributed by atoms with Gasteiger partial charge in [-0.3, -0.25) is 14.4 Å². The number of likely N-dealkylation sites (tertiary alicyclic amines) is 1. The minimum atomic E-state index is -1.18. The van der Waals surface area contributed by atoms with Crippen molar-refractivity contribution in [3.63, 3.8) is 0 Å². The first-order valence-corrected chi connectivity index (χ1v) is 14.5. The molecule has 2 bridgehead atoms. The molecule has 0 aliphatic carbocycles. The van der Waals surface area contributed by atoms with Gasteiger partial charge >= 0.3 is 0 Å². The van der Waals surface area contributed by atoms with Crippen molar-refractivity contribution < 1.29 is 29.0 Å². The molecule has 9 heteroatoms. The molecule has 6 atom stereocenters. The van der Waals surface area contributed by atoms with E-state index in [1.165, 1.54) is 4.90 Å². The van der Waals surface area contributed by atoms with Crippen LogP contribution in [0.1, 0.15) is 54.4 Å². The number of carbonyl (C=O) groups excluding carboxylic acids is 3. The zero-order valence-corrected chi connectivity index (χ0v) is 25.3. The van der Waals surface area contributed by atoms with Crippen LogP contribution in [0.2, 0.25) is 0 Å². The number of amides is 3. The van der Waals surface area contributed by atoms with E-state index in [-0.39, 0.29) is 30.9 Å². The summed E-state index contributed by atoms with van der Waals surface area (Å²) in [6.07, 6.45) is 4.31. The van der Waals surface area contributed by atoms with Crippen LogP contribution in [-0.2, 0) is 19.1 Å². The van der Waals surface area contributed by atoms with E-state index in [1.54, 1.807) is 28.9 Å². The average molecular weight is 568 g/mol. The monoisotopic (exact) mass is 567 g/mol. The molecular formula is C32H45N3O6. The second-order valence-corrected chi connectivity index (χ2v) is 12.6. The topological polar surface area (TPSA) is 99.6 Å². The Bertz CT molecular complexity index is 1190. The number of rotatable bonds is 11. The van der Waals surface area contributed by atoms with Gasteiger partial charge in [0.2, 0.25) is 17.7 Å². The first-order valence-electron chi connectivity index (χ1n) is 14.5. The van der Waals surface area contributed by atoms with Gasteiger partial charge in [0, 0.05) is 24.3 Å². The summed E-state index contributed by atoms with van der Waals surface area (Å²) in [6.45, 7) is 19.7. The lowest BCUT2D eigenvalue weighted by Gasteiger charge is -2.43. The zero-order valence-electron chi connectivity index (χ0n) is 25.3. The van der Waals surface area contributed by atoms with Crippen LogP contribution < -0.4 is 9.64 Å². The van der Waals surface area contributed by atoms with Gasteiger partial charge in [0.15, 0.2) is 0 Å². The molecule has 3 aliphatic rings. The standard InChI is InChI=1S/C32H45N3O6/c1-9-18-33(22-12-14-23(15-13-22)40-11-3)27(37)24-25-28(38)35(21(4)20-36)26(32(25)17-16-31(24,8)41-32)29(39)34(19-10-2)30(5,6)7/h9-10,12-15,21,24-26,36H,1-2,11,16-20H2,3-8H3/t21-,24-,25+,26?,31+,32?/m1/s1. The summed E-state index contributed by atoms with van der Waals surface area (Å²) in [6, 6.07) is 5.64. The van der Waals surface area contributed by atoms with E-state index in [9.17, 15) is 19.5 Å². The van der Waals surface area contributed by atoms with Gasteiger partial charge in [0.25, 0.3) is 0 Å². The van der Waals surface area contributed by atoms with E-state index >= 15 is 0 Å². The predicted molar refractivity (Wildman–Crippen MR) is 157 cm³/mol. The normalized spacial score (nSPS) is 29.2. The second-order valence-electron chi connectivity index (χ2n) is 12.6. The average Bonchev–Trinajstić information content (AvgIpc) is 3.50. The predicted octanol–water partition coefficient (Wildman–Crippen LogP) is 3.56. The summed E-state index contributed by atoms with van der Waals surface area (Å²) in [4.78, 5) is 48.0. The number of aliphatic hydroxyl groups is 1. The highest BCUT2D eigenvalue weighted by molar-refractivity contribution is 6.03. The third-order valence-electron chi connectivity index (χ3n) is 8.88. The lowest BCUT2D eigenvalue weighted by Crippen LogP contribution is -2.61. The smallest absolute Gasteiger partial charge is 0.249 e. The highest BCUT2D eigenvalue weighted by Gasteiger charge is 2.78. The number of hydrogen-bond acceptors (Lipinski definition) is 6. The number of nitrogens with zero attached hydrogens (tertiary/aromatic N) is 3. The largest absolute Gasteiger partial charge is 0.494 e. The fourth-order valence-corrected chi connectivity index (χ4v) is 7.06. The summed E-state index contributed by atoms with van der Waals surface area (Å²) in [5.41, 5.74) is -2.01. The maximum Gasteiger partial charge on any atom is 0.249 e. The molecule has 4 rings (SSSR count). The van der Waals surface area contributed by atoms with Gasteiger partial charge in [-0.25, -0.2) is 0 Å². The Hall–Kier alpha value is -3.17. The molecule has 1 aromatic rings. The SMILES string of the molecule is C=CCN(C(=O)[C@H]1[C@H]2C(=O)N([C@H](C)CO)C(C(=O)N(CC=C)C(C)(C)C)C23CC[C@]1(C)O3)c1ccc(OCC)cc1. The van der Waals surface area contributed by atoms with Gasteiger partial charge < -0.3 is 29.3 Å². The summed E-state index contributed by atoms with van der Waals surface area (Å²) >= 11 is 0. The molecule has 3 saturated heterocycles. The number of carbonyl (C=O) groups is 3. The van der Waals surface area contributed by atoms with Crippen molar-refractivity contribution in [1.82, 2.24) is 9.80 Å². The zero-order chi connectivity index (χ0) is 30.3. The maximum absolute atomic E-state index is 14.5. The molecule has 1 spiro atoms. The molecule has 0 aromatic heterocycles. The quantitative estimate of drug-likeness (QED) is 0.411. The number of aliphatic hydroxyl groups excluding tert-OH is 1. The van der Waals surface area contributed by atoms with E-state index < -0.39 is 40.7 Å². The Kier molecular flexibility index (Phi) is 8.45. The molecule has 41 heavy (non-hydrogen) atoms. The molecule has 224 valence electrons. The lowest BCUT2D eigenvalue weighted by molar-refractivity contribution is -0.157. The van der Waals surface area contributed by atoms with Crippen molar-refractivity contribution >= 4 is 23.4 Å². The summed E-state index contributed by atoms with van der Waals surface area (Å²) in [5, 5.41) is 10.2. The number of fused-ring (bicyclic) bond motifs is 1. The fourth-order valence-electron chi connectivity index (χ4n) is 7.06. The molecule has 2 unspecified atom stereocenters. The van der Waals surface area contributed by atoms with Crippen LogP contribution in [0, 0.1) is 11.8 Å². The molecule has 3 amide bonds. The van der Waals surface area contributed by atoms with Crippen LogP contribution in [0.5, 0.6) is 5.75 Å². The molecule has 1 N–H and O–H groups in total. The van der Waals surface area contributed by atoms with Gasteiger partial charge in [-0.15, -0.1) is 13.2 Å². The first kappa shape index (κ1) is 30.8. The van der Waals surface area contributed by atoms with Gasteiger partial charge in [-0.05, 0) is 78.6 Å². The molecule has 3 heterocycles. The second kappa shape index (κ2) is 11.2. The highest BCUT2D eigenvalue weighted by atomic mass is 16.5. The van der Waals surface area contributed by atoms with Crippen LogP contribution >= 0.6 is 0 Å². The Morgan fingerprint density at radius 1 is 1.17 bits per heavy atom. The van der Waals surface area contributed by atoms with Crippen molar-refractivity contribution in [3.05, 3.63) is 49.6 Å². The number of hydrogen-bond donors (Lipinski definition) is 1. The molecule has 0 radical (unpaired) electrons. The third-order valence-corrected chi connectivity index (χ3v) is 8.88. The highest BCUT2D eigenvalue weighted by Crippen LogP contribution is 2.64. The molecule has 3 aliphatic heterocycles. The van der Waals surface area contributed by atoms with Crippen LogP contribution in [-0.4, -0.2) is 87.8 Å². The van der Waals surface area contributed by atoms with Crippen LogP contribution in [0.25, 0.3) is 0 Å². The van der Waals surface area contributed by atoms with Gasteiger partial charge in [-0.1, -0.05) is 12.2 Å². The fraction of sp³-hybridized carbons (Fsp3) is 0.594. The van der Waals surface area contributed by atoms with Crippen molar-refractivity contribution in [3.8, 4) is 5.75 Å². The van der Waals surface area contributed by atoms with Crippen molar-refractivity contribution in [2.45, 2.75) is 83.2 Å². The number of benzene rings is 1. The van der Waals surface area contributed by atoms with E-state index in [2.05, 4.69) is 13.2 Å². The molecule has 9 nitrogen and oxygen atoms in total. The number of ether oxygens (including phenoxy) is 2. The van der Waals surface area contributed by atoms with Gasteiger partial charge in [0.05, 0.1) is 36.7 Å². The Morgan fingerprint density at radius 2 is 1.80 bits per heavy atom. The van der Waals surface area contributed by atoms with Crippen LogP contribution in [0.4, 0.5) is 5.69 Å². The Morgan fingerprint density at radius 3 is 2.34 bits per heavy atom. The summed E-state index contributed by atoms with van der Waals surface area (Å²) < 4.78 is 12.3. The first-order chi connectivity index (χ1) is 19.3. The van der Waals surface area contributed by atoms with E-state index in [0.717, 1.165) is 0 Å². The van der Waals surface area contributed by atoms with Crippen molar-refractivity contribution in [2.24, 2.45) is 11.8 Å². The summed E-state index contributed by atoms with van der Waals surface area (Å²) in [5.74, 6) is -1.83. The van der Waals surface area contributed by atoms with Gasteiger partial charge in [-0.2, -0.15) is 0 Å². The van der Waals surface area contributed by atoms with E-state index in [1.807, 2.05) is 58.9 Å². The minimum Gasteiger partial charge on any atom is -0.494 e. The molecular weight excluding hydrogens is 522 g/mol. The Labute approximate surface area is 243 Å². The van der Waals surface area contributed by atoms with Crippen LogP contribution in [0.3, 0.4) is 0 Å². The Balaban J connectivity index is 1.80. The number of anilines is 1. The molecule has 3 fully saturated rings. The van der Waals surface area contributed by atoms with Crippen LogP contribution in [0.15, 0.2) is 49.6 Å². The third kappa shape index (κ3) is 4.97. The lowest BCUT2D eigenvalue weighted by atomic mass is 9.66. The maximum atomic E-state index is 14.5. The summed E-state index contributed by atoms with van der Waals surface area (Å²) in [7, 11) is 0.